The van der Waals surface area contributed by atoms with Crippen LogP contribution in [0.15, 0.2) is 35.3 Å². The van der Waals surface area contributed by atoms with E-state index in [4.69, 9.17) is 4.99 Å². The van der Waals surface area contributed by atoms with Crippen LogP contribution in [0.25, 0.3) is 0 Å². The summed E-state index contributed by atoms with van der Waals surface area (Å²) < 4.78 is 0. The Hall–Kier alpha value is -1.94. The third-order valence-electron chi connectivity index (χ3n) is 5.10. The SMILES string of the molecule is CCCCCCc1cc2c(s1)NC(=O)C(CCC)N=C2c1ccccc1C. The maximum absolute atomic E-state index is 12.7. The summed E-state index contributed by atoms with van der Waals surface area (Å²) in [5.41, 5.74) is 4.39. The molecule has 1 aromatic carbocycles. The molecular weight excluding hydrogens is 352 g/mol. The molecule has 1 N–H and O–H groups in total. The van der Waals surface area contributed by atoms with E-state index in [9.17, 15) is 4.79 Å². The van der Waals surface area contributed by atoms with E-state index in [2.05, 4.69) is 56.4 Å². The van der Waals surface area contributed by atoms with E-state index < -0.39 is 0 Å². The maximum atomic E-state index is 12.7. The summed E-state index contributed by atoms with van der Waals surface area (Å²) in [6.45, 7) is 6.45. The van der Waals surface area contributed by atoms with Gasteiger partial charge in [0.2, 0.25) is 5.91 Å². The molecule has 1 atom stereocenters. The molecule has 1 aliphatic rings. The number of unbranched alkanes of at least 4 members (excludes halogenated alkanes) is 3. The highest BCUT2D eigenvalue weighted by molar-refractivity contribution is 7.16. The molecule has 0 bridgehead atoms. The van der Waals surface area contributed by atoms with Crippen molar-refractivity contribution in [2.24, 2.45) is 4.99 Å². The minimum Gasteiger partial charge on any atom is -0.315 e. The third kappa shape index (κ3) is 4.67. The summed E-state index contributed by atoms with van der Waals surface area (Å²) >= 11 is 1.72. The zero-order valence-corrected chi connectivity index (χ0v) is 17.5. The zero-order valence-electron chi connectivity index (χ0n) is 16.7. The lowest BCUT2D eigenvalue weighted by Gasteiger charge is -2.11. The second kappa shape index (κ2) is 9.32. The number of amides is 1. The Morgan fingerprint density at radius 3 is 2.63 bits per heavy atom. The second-order valence-corrected chi connectivity index (χ2v) is 8.49. The van der Waals surface area contributed by atoms with E-state index >= 15 is 0 Å². The van der Waals surface area contributed by atoms with Crippen LogP contribution in [-0.4, -0.2) is 17.7 Å². The average Bonchev–Trinajstić information content (AvgIpc) is 3.00. The highest BCUT2D eigenvalue weighted by Crippen LogP contribution is 2.34. The van der Waals surface area contributed by atoms with Crippen molar-refractivity contribution in [3.63, 3.8) is 0 Å². The van der Waals surface area contributed by atoms with Crippen LogP contribution in [0.3, 0.4) is 0 Å². The van der Waals surface area contributed by atoms with E-state index in [0.717, 1.165) is 41.1 Å². The molecule has 0 saturated carbocycles. The average molecular weight is 383 g/mol. The third-order valence-corrected chi connectivity index (χ3v) is 6.21. The molecule has 0 radical (unpaired) electrons. The molecular formula is C23H30N2OS. The van der Waals surface area contributed by atoms with Crippen LogP contribution >= 0.6 is 11.3 Å². The molecule has 1 amide bonds. The predicted octanol–water partition coefficient (Wildman–Crippen LogP) is 6.14. The van der Waals surface area contributed by atoms with Gasteiger partial charge >= 0.3 is 0 Å². The number of aliphatic imine (C=N–C) groups is 1. The van der Waals surface area contributed by atoms with Crippen molar-refractivity contribution in [1.82, 2.24) is 0 Å². The molecule has 3 nitrogen and oxygen atoms in total. The Balaban J connectivity index is 1.98. The number of nitrogens with one attached hydrogen (secondary N) is 1. The Bertz CT molecular complexity index is 822. The lowest BCUT2D eigenvalue weighted by atomic mass is 9.98. The highest BCUT2D eigenvalue weighted by atomic mass is 32.1. The number of hydrogen-bond acceptors (Lipinski definition) is 3. The van der Waals surface area contributed by atoms with Gasteiger partial charge in [-0.2, -0.15) is 0 Å². The van der Waals surface area contributed by atoms with Crippen LogP contribution in [0.4, 0.5) is 5.00 Å². The van der Waals surface area contributed by atoms with Gasteiger partial charge in [-0.1, -0.05) is 63.8 Å². The first-order valence-corrected chi connectivity index (χ1v) is 11.0. The number of benzene rings is 1. The van der Waals surface area contributed by atoms with Crippen molar-refractivity contribution in [3.8, 4) is 0 Å². The molecule has 2 heterocycles. The van der Waals surface area contributed by atoms with Crippen molar-refractivity contribution in [1.29, 1.82) is 0 Å². The van der Waals surface area contributed by atoms with Crippen LogP contribution in [0.5, 0.6) is 0 Å². The van der Waals surface area contributed by atoms with E-state index in [1.807, 2.05) is 0 Å². The number of carbonyl (C=O) groups excluding carboxylic acids is 1. The van der Waals surface area contributed by atoms with Crippen LogP contribution in [-0.2, 0) is 11.2 Å². The van der Waals surface area contributed by atoms with E-state index in [1.165, 1.54) is 36.1 Å². The van der Waals surface area contributed by atoms with Gasteiger partial charge < -0.3 is 5.32 Å². The highest BCUT2D eigenvalue weighted by Gasteiger charge is 2.27. The molecule has 27 heavy (non-hydrogen) atoms. The van der Waals surface area contributed by atoms with Crippen molar-refractivity contribution in [3.05, 3.63) is 51.9 Å². The summed E-state index contributed by atoms with van der Waals surface area (Å²) in [7, 11) is 0. The molecule has 0 saturated heterocycles. The summed E-state index contributed by atoms with van der Waals surface area (Å²) in [5.74, 6) is 0.0288. The fourth-order valence-electron chi connectivity index (χ4n) is 3.56. The quantitative estimate of drug-likeness (QED) is 0.548. The predicted molar refractivity (Wildman–Crippen MR) is 116 cm³/mol. The number of anilines is 1. The number of hydrogen-bond donors (Lipinski definition) is 1. The van der Waals surface area contributed by atoms with Crippen molar-refractivity contribution in [2.75, 3.05) is 5.32 Å². The lowest BCUT2D eigenvalue weighted by Crippen LogP contribution is -2.25. The summed E-state index contributed by atoms with van der Waals surface area (Å²) in [6.07, 6.45) is 7.81. The topological polar surface area (TPSA) is 41.5 Å². The van der Waals surface area contributed by atoms with E-state index in [1.54, 1.807) is 11.3 Å². The Morgan fingerprint density at radius 2 is 1.89 bits per heavy atom. The molecule has 4 heteroatoms. The Morgan fingerprint density at radius 1 is 1.07 bits per heavy atom. The van der Waals surface area contributed by atoms with E-state index in [0.29, 0.717) is 0 Å². The number of fused-ring (bicyclic) bond motifs is 1. The van der Waals surface area contributed by atoms with Gasteiger partial charge in [0.05, 0.1) is 5.71 Å². The Kier molecular flexibility index (Phi) is 6.84. The molecule has 0 aliphatic carbocycles. The van der Waals surface area contributed by atoms with Gasteiger partial charge in [-0.3, -0.25) is 9.79 Å². The normalized spacial score (nSPS) is 16.5. The molecule has 0 fully saturated rings. The summed E-state index contributed by atoms with van der Waals surface area (Å²) in [6, 6.07) is 10.3. The summed E-state index contributed by atoms with van der Waals surface area (Å²) in [5, 5.41) is 4.13. The van der Waals surface area contributed by atoms with Crippen molar-refractivity contribution in [2.45, 2.75) is 71.8 Å². The Labute approximate surface area is 166 Å². The van der Waals surface area contributed by atoms with Crippen molar-refractivity contribution >= 4 is 28.0 Å². The van der Waals surface area contributed by atoms with Gasteiger partial charge in [-0.25, -0.2) is 0 Å². The maximum Gasteiger partial charge on any atom is 0.249 e. The number of carbonyl (C=O) groups is 1. The summed E-state index contributed by atoms with van der Waals surface area (Å²) in [4.78, 5) is 19.0. The standard InChI is InChI=1S/C23H30N2OS/c1-4-6-7-8-13-17-15-19-21(18-14-10-9-12-16(18)3)24-20(11-5-2)22(26)25-23(19)27-17/h9-10,12,14-15,20H,4-8,11,13H2,1-3H3,(H,25,26). The number of nitrogens with zero attached hydrogens (tertiary/aromatic N) is 1. The lowest BCUT2D eigenvalue weighted by molar-refractivity contribution is -0.117. The van der Waals surface area contributed by atoms with Crippen LogP contribution in [0.1, 0.15) is 73.9 Å². The van der Waals surface area contributed by atoms with Gasteiger partial charge in [0.15, 0.2) is 0 Å². The van der Waals surface area contributed by atoms with E-state index in [-0.39, 0.29) is 11.9 Å². The first-order chi connectivity index (χ1) is 13.1. The van der Waals surface area contributed by atoms with Crippen LogP contribution < -0.4 is 5.32 Å². The fraction of sp³-hybridized carbons (Fsp3) is 0.478. The molecule has 2 aromatic rings. The molecule has 0 spiro atoms. The zero-order chi connectivity index (χ0) is 19.2. The molecule has 144 valence electrons. The molecule has 3 rings (SSSR count). The monoisotopic (exact) mass is 382 g/mol. The number of thiophene rings is 1. The van der Waals surface area contributed by atoms with Crippen molar-refractivity contribution < 1.29 is 4.79 Å². The largest absolute Gasteiger partial charge is 0.315 e. The smallest absolute Gasteiger partial charge is 0.249 e. The fourth-order valence-corrected chi connectivity index (χ4v) is 4.66. The molecule has 1 unspecified atom stereocenters. The van der Waals surface area contributed by atoms with Crippen LogP contribution in [0.2, 0.25) is 0 Å². The van der Waals surface area contributed by atoms with Gasteiger partial charge in [0, 0.05) is 16.0 Å². The first kappa shape index (κ1) is 19.8. The molecule has 1 aromatic heterocycles. The van der Waals surface area contributed by atoms with Crippen LogP contribution in [0, 0.1) is 6.92 Å². The second-order valence-electron chi connectivity index (χ2n) is 7.35. The minimum atomic E-state index is -0.308. The van der Waals surface area contributed by atoms with Gasteiger partial charge in [-0.05, 0) is 37.8 Å². The minimum absolute atomic E-state index is 0.0288. The van der Waals surface area contributed by atoms with Gasteiger partial charge in [0.25, 0.3) is 0 Å². The first-order valence-electron chi connectivity index (χ1n) is 10.2. The molecule has 1 aliphatic heterocycles. The van der Waals surface area contributed by atoms with Gasteiger partial charge in [0.1, 0.15) is 11.0 Å². The number of aryl methyl sites for hydroxylation is 2. The van der Waals surface area contributed by atoms with Gasteiger partial charge in [-0.15, -0.1) is 11.3 Å². The number of rotatable bonds is 8.